The number of anilines is 2. The predicted octanol–water partition coefficient (Wildman–Crippen LogP) is 4.34. The zero-order valence-electron chi connectivity index (χ0n) is 19.3. The molecular formula is C25H26N8O. The highest BCUT2D eigenvalue weighted by atomic mass is 16.5. The van der Waals surface area contributed by atoms with Crippen molar-refractivity contribution in [3.05, 3.63) is 78.4 Å². The molecular weight excluding hydrogens is 428 g/mol. The summed E-state index contributed by atoms with van der Waals surface area (Å²) in [6, 6.07) is 13.0. The molecule has 0 atom stereocenters. The highest BCUT2D eigenvalue weighted by Crippen LogP contribution is 2.23. The van der Waals surface area contributed by atoms with E-state index in [1.165, 1.54) is 0 Å². The van der Waals surface area contributed by atoms with E-state index in [9.17, 15) is 0 Å². The number of hydrogen-bond donors (Lipinski definition) is 3. The van der Waals surface area contributed by atoms with Crippen LogP contribution in [-0.4, -0.2) is 44.5 Å². The van der Waals surface area contributed by atoms with Gasteiger partial charge in [-0.2, -0.15) is 5.10 Å². The van der Waals surface area contributed by atoms with E-state index < -0.39 is 0 Å². The molecule has 0 aliphatic heterocycles. The molecule has 34 heavy (non-hydrogen) atoms. The molecule has 9 nitrogen and oxygen atoms in total. The Bertz CT molecular complexity index is 1320. The lowest BCUT2D eigenvalue weighted by Crippen LogP contribution is -2.15. The first-order chi connectivity index (χ1) is 16.5. The number of ether oxygens (including phenoxy) is 1. The van der Waals surface area contributed by atoms with Crippen LogP contribution in [0.5, 0.6) is 5.88 Å². The van der Waals surface area contributed by atoms with Crippen molar-refractivity contribution in [1.29, 1.82) is 5.41 Å². The molecule has 0 aromatic carbocycles. The van der Waals surface area contributed by atoms with Crippen LogP contribution in [0.25, 0.3) is 16.6 Å². The van der Waals surface area contributed by atoms with Crippen molar-refractivity contribution in [1.82, 2.24) is 30.5 Å². The molecule has 9 heteroatoms. The SMILES string of the molecule is CN/C=C(\C(=N)COc1ccccn1)c1cnc2ccc(Nc3cc(C(C)C)cnn3)nc2c1. The quantitative estimate of drug-likeness (QED) is 0.319. The summed E-state index contributed by atoms with van der Waals surface area (Å²) in [6.07, 6.45) is 6.90. The van der Waals surface area contributed by atoms with E-state index in [4.69, 9.17) is 15.1 Å². The summed E-state index contributed by atoms with van der Waals surface area (Å²) >= 11 is 0. The molecule has 0 saturated carbocycles. The molecule has 172 valence electrons. The smallest absolute Gasteiger partial charge is 0.213 e. The fraction of sp³-hybridized carbons (Fsp3) is 0.200. The zero-order chi connectivity index (χ0) is 23.9. The van der Waals surface area contributed by atoms with Gasteiger partial charge >= 0.3 is 0 Å². The zero-order valence-corrected chi connectivity index (χ0v) is 19.3. The fourth-order valence-electron chi connectivity index (χ4n) is 3.26. The average molecular weight is 455 g/mol. The van der Waals surface area contributed by atoms with Crippen LogP contribution in [0.1, 0.15) is 30.9 Å². The molecule has 0 aliphatic rings. The summed E-state index contributed by atoms with van der Waals surface area (Å²) in [5.74, 6) is 2.08. The highest BCUT2D eigenvalue weighted by molar-refractivity contribution is 6.23. The Morgan fingerprint density at radius 2 is 1.94 bits per heavy atom. The van der Waals surface area contributed by atoms with Crippen LogP contribution in [-0.2, 0) is 0 Å². The molecule has 4 aromatic rings. The molecule has 4 rings (SSSR count). The Labute approximate surface area is 197 Å². The van der Waals surface area contributed by atoms with Gasteiger partial charge in [-0.1, -0.05) is 19.9 Å². The number of pyridine rings is 3. The second kappa shape index (κ2) is 10.5. The molecule has 0 fully saturated rings. The number of fused-ring (bicyclic) bond motifs is 1. The molecule has 3 N–H and O–H groups in total. The van der Waals surface area contributed by atoms with Gasteiger partial charge in [0, 0.05) is 42.8 Å². The van der Waals surface area contributed by atoms with Gasteiger partial charge in [-0.3, -0.25) is 4.98 Å². The Morgan fingerprint density at radius 3 is 2.71 bits per heavy atom. The lowest BCUT2D eigenvalue weighted by molar-refractivity contribution is 0.362. The maximum absolute atomic E-state index is 8.55. The summed E-state index contributed by atoms with van der Waals surface area (Å²) < 4.78 is 5.65. The summed E-state index contributed by atoms with van der Waals surface area (Å²) in [6.45, 7) is 4.29. The van der Waals surface area contributed by atoms with Gasteiger partial charge in [0.2, 0.25) is 5.88 Å². The van der Waals surface area contributed by atoms with Gasteiger partial charge in [0.25, 0.3) is 0 Å². The molecule has 4 aromatic heterocycles. The lowest BCUT2D eigenvalue weighted by atomic mass is 10.0. The predicted molar refractivity (Wildman–Crippen MR) is 133 cm³/mol. The normalized spacial score (nSPS) is 11.5. The summed E-state index contributed by atoms with van der Waals surface area (Å²) in [7, 11) is 1.79. The first-order valence-electron chi connectivity index (χ1n) is 10.9. The number of nitrogens with zero attached hydrogens (tertiary/aromatic N) is 5. The third-order valence-electron chi connectivity index (χ3n) is 5.06. The number of nitrogens with one attached hydrogen (secondary N) is 3. The van der Waals surface area contributed by atoms with Crippen molar-refractivity contribution in [3.8, 4) is 5.88 Å². The third-order valence-corrected chi connectivity index (χ3v) is 5.06. The Balaban J connectivity index is 1.57. The van der Waals surface area contributed by atoms with Gasteiger partial charge in [0.1, 0.15) is 12.4 Å². The van der Waals surface area contributed by atoms with Crippen molar-refractivity contribution in [2.45, 2.75) is 19.8 Å². The van der Waals surface area contributed by atoms with Crippen LogP contribution in [0.3, 0.4) is 0 Å². The van der Waals surface area contributed by atoms with E-state index in [0.29, 0.717) is 34.5 Å². The molecule has 0 spiro atoms. The number of rotatable bonds is 9. The van der Waals surface area contributed by atoms with Crippen LogP contribution in [0.2, 0.25) is 0 Å². The molecule has 0 saturated heterocycles. The summed E-state index contributed by atoms with van der Waals surface area (Å²) in [5, 5.41) is 23.0. The van der Waals surface area contributed by atoms with Crippen molar-refractivity contribution < 1.29 is 4.74 Å². The topological polar surface area (TPSA) is 122 Å². The second-order valence-corrected chi connectivity index (χ2v) is 7.89. The van der Waals surface area contributed by atoms with Crippen molar-refractivity contribution in [3.63, 3.8) is 0 Å². The monoisotopic (exact) mass is 454 g/mol. The molecule has 0 radical (unpaired) electrons. The van der Waals surface area contributed by atoms with E-state index in [-0.39, 0.29) is 12.3 Å². The van der Waals surface area contributed by atoms with E-state index in [2.05, 4.69) is 44.6 Å². The first kappa shape index (κ1) is 22.8. The summed E-state index contributed by atoms with van der Waals surface area (Å²) in [4.78, 5) is 13.4. The minimum Gasteiger partial charge on any atom is -0.471 e. The van der Waals surface area contributed by atoms with Crippen molar-refractivity contribution in [2.75, 3.05) is 19.0 Å². The van der Waals surface area contributed by atoms with Crippen LogP contribution >= 0.6 is 0 Å². The van der Waals surface area contributed by atoms with Gasteiger partial charge in [-0.25, -0.2) is 9.97 Å². The molecule has 0 amide bonds. The molecule has 0 aliphatic carbocycles. The third kappa shape index (κ3) is 5.50. The minimum absolute atomic E-state index is 0.0719. The van der Waals surface area contributed by atoms with Crippen LogP contribution in [0.4, 0.5) is 11.6 Å². The molecule has 4 heterocycles. The standard InChI is InChI=1S/C25H26N8O/c1-16(2)17-11-24(33-30-13-17)32-23-8-7-21-22(31-23)10-18(12-29-21)19(14-27-3)20(26)15-34-25-6-4-5-9-28-25/h4-14,16,26-27H,15H2,1-3H3,(H,31,32,33)/b19-14-,26-20?. The highest BCUT2D eigenvalue weighted by Gasteiger charge is 2.12. The maximum atomic E-state index is 8.55. The van der Waals surface area contributed by atoms with E-state index >= 15 is 0 Å². The average Bonchev–Trinajstić information content (AvgIpc) is 2.86. The number of aromatic nitrogens is 5. The van der Waals surface area contributed by atoms with Gasteiger partial charge in [-0.15, -0.1) is 5.10 Å². The van der Waals surface area contributed by atoms with E-state index in [1.54, 1.807) is 37.9 Å². The Hall–Kier alpha value is -4.40. The fourth-order valence-corrected chi connectivity index (χ4v) is 3.26. The van der Waals surface area contributed by atoms with Crippen LogP contribution < -0.4 is 15.4 Å². The van der Waals surface area contributed by atoms with Crippen LogP contribution in [0.15, 0.2) is 67.3 Å². The second-order valence-electron chi connectivity index (χ2n) is 7.89. The first-order valence-corrected chi connectivity index (χ1v) is 10.9. The Kier molecular flexibility index (Phi) is 7.02. The van der Waals surface area contributed by atoms with E-state index in [1.807, 2.05) is 36.4 Å². The molecule has 0 bridgehead atoms. The summed E-state index contributed by atoms with van der Waals surface area (Å²) in [5.41, 5.74) is 4.23. The van der Waals surface area contributed by atoms with Gasteiger partial charge in [0.15, 0.2) is 5.82 Å². The lowest BCUT2D eigenvalue weighted by Gasteiger charge is -2.12. The van der Waals surface area contributed by atoms with Crippen molar-refractivity contribution in [2.24, 2.45) is 0 Å². The Morgan fingerprint density at radius 1 is 1.06 bits per heavy atom. The van der Waals surface area contributed by atoms with Gasteiger partial charge in [0.05, 0.1) is 22.9 Å². The minimum atomic E-state index is 0.0719. The van der Waals surface area contributed by atoms with Crippen molar-refractivity contribution >= 4 is 34.0 Å². The van der Waals surface area contributed by atoms with Gasteiger partial charge < -0.3 is 20.8 Å². The molecule has 0 unspecified atom stereocenters. The van der Waals surface area contributed by atoms with Crippen LogP contribution in [0, 0.1) is 5.41 Å². The largest absolute Gasteiger partial charge is 0.471 e. The van der Waals surface area contributed by atoms with Gasteiger partial charge in [-0.05, 0) is 41.8 Å². The van der Waals surface area contributed by atoms with E-state index in [0.717, 1.165) is 16.6 Å². The maximum Gasteiger partial charge on any atom is 0.213 e. The number of hydrogen-bond acceptors (Lipinski definition) is 9.